The molecule has 0 saturated carbocycles. The Morgan fingerprint density at radius 1 is 0.897 bits per heavy atom. The van der Waals surface area contributed by atoms with Gasteiger partial charge in [0.2, 0.25) is 5.78 Å². The fourth-order valence-electron chi connectivity index (χ4n) is 2.71. The van der Waals surface area contributed by atoms with Crippen molar-refractivity contribution in [2.75, 3.05) is 12.4 Å². The predicted molar refractivity (Wildman–Crippen MR) is 113 cm³/mol. The van der Waals surface area contributed by atoms with Gasteiger partial charge in [-0.2, -0.15) is 0 Å². The maximum Gasteiger partial charge on any atom is 0.257 e. The SMILES string of the molecule is COc1ccc(C(=O)[C@H](C)Oc2ccc(NC(=O)c3ccccc3Cl)cc2)cc1. The maximum absolute atomic E-state index is 12.5. The summed E-state index contributed by atoms with van der Waals surface area (Å²) in [7, 11) is 1.57. The minimum Gasteiger partial charge on any atom is -0.497 e. The van der Waals surface area contributed by atoms with Crippen LogP contribution in [0.2, 0.25) is 5.02 Å². The van der Waals surface area contributed by atoms with E-state index in [4.69, 9.17) is 21.1 Å². The van der Waals surface area contributed by atoms with Gasteiger partial charge in [-0.1, -0.05) is 23.7 Å². The van der Waals surface area contributed by atoms with Crippen LogP contribution in [-0.4, -0.2) is 24.9 Å². The molecule has 148 valence electrons. The third kappa shape index (κ3) is 5.15. The highest BCUT2D eigenvalue weighted by Gasteiger charge is 2.17. The molecule has 0 aliphatic heterocycles. The first-order chi connectivity index (χ1) is 14.0. The van der Waals surface area contributed by atoms with Crippen LogP contribution in [0.15, 0.2) is 72.8 Å². The largest absolute Gasteiger partial charge is 0.497 e. The number of nitrogens with one attached hydrogen (secondary N) is 1. The molecule has 1 amide bonds. The molecule has 0 bridgehead atoms. The molecule has 29 heavy (non-hydrogen) atoms. The number of ether oxygens (including phenoxy) is 2. The zero-order valence-electron chi connectivity index (χ0n) is 16.0. The molecular formula is C23H20ClNO4. The van der Waals surface area contributed by atoms with E-state index in [9.17, 15) is 9.59 Å². The number of hydrogen-bond donors (Lipinski definition) is 1. The summed E-state index contributed by atoms with van der Waals surface area (Å²) in [6.45, 7) is 1.69. The highest BCUT2D eigenvalue weighted by molar-refractivity contribution is 6.34. The minimum atomic E-state index is -0.660. The molecule has 1 N–H and O–H groups in total. The van der Waals surface area contributed by atoms with E-state index in [-0.39, 0.29) is 11.7 Å². The zero-order chi connectivity index (χ0) is 20.8. The van der Waals surface area contributed by atoms with E-state index in [1.807, 2.05) is 0 Å². The van der Waals surface area contributed by atoms with Gasteiger partial charge in [-0.15, -0.1) is 0 Å². The normalized spacial score (nSPS) is 11.4. The number of Topliss-reactive ketones (excluding diaryl/α,β-unsaturated/α-hetero) is 1. The van der Waals surface area contributed by atoms with Crippen LogP contribution in [0.1, 0.15) is 27.6 Å². The second kappa shape index (κ2) is 9.26. The van der Waals surface area contributed by atoms with Crippen molar-refractivity contribution in [3.63, 3.8) is 0 Å². The van der Waals surface area contributed by atoms with Gasteiger partial charge in [-0.05, 0) is 67.6 Å². The monoisotopic (exact) mass is 409 g/mol. The van der Waals surface area contributed by atoms with Crippen molar-refractivity contribution >= 4 is 29.0 Å². The summed E-state index contributed by atoms with van der Waals surface area (Å²) >= 11 is 6.05. The van der Waals surface area contributed by atoms with Gasteiger partial charge in [0.15, 0.2) is 6.10 Å². The van der Waals surface area contributed by atoms with Gasteiger partial charge < -0.3 is 14.8 Å². The van der Waals surface area contributed by atoms with Crippen molar-refractivity contribution in [3.05, 3.63) is 88.9 Å². The number of halogens is 1. The second-order valence-corrected chi connectivity index (χ2v) is 6.72. The van der Waals surface area contributed by atoms with Crippen molar-refractivity contribution in [2.45, 2.75) is 13.0 Å². The fourth-order valence-corrected chi connectivity index (χ4v) is 2.93. The van der Waals surface area contributed by atoms with Crippen LogP contribution in [0.4, 0.5) is 5.69 Å². The summed E-state index contributed by atoms with van der Waals surface area (Å²) in [6.07, 6.45) is -0.660. The quantitative estimate of drug-likeness (QED) is 0.541. The number of methoxy groups -OCH3 is 1. The van der Waals surface area contributed by atoms with Crippen molar-refractivity contribution in [1.29, 1.82) is 0 Å². The Kier molecular flexibility index (Phi) is 6.52. The average Bonchev–Trinajstić information content (AvgIpc) is 2.75. The van der Waals surface area contributed by atoms with E-state index < -0.39 is 6.10 Å². The molecule has 1 atom stereocenters. The van der Waals surface area contributed by atoms with Gasteiger partial charge in [0.1, 0.15) is 11.5 Å². The smallest absolute Gasteiger partial charge is 0.257 e. The molecule has 6 heteroatoms. The molecule has 0 saturated heterocycles. The van der Waals surface area contributed by atoms with Crippen LogP contribution in [0, 0.1) is 0 Å². The van der Waals surface area contributed by atoms with Crippen LogP contribution in [0.25, 0.3) is 0 Å². The third-order valence-electron chi connectivity index (χ3n) is 4.29. The molecule has 0 unspecified atom stereocenters. The lowest BCUT2D eigenvalue weighted by Crippen LogP contribution is -2.23. The fraction of sp³-hybridized carbons (Fsp3) is 0.130. The van der Waals surface area contributed by atoms with Crippen LogP contribution in [-0.2, 0) is 0 Å². The molecule has 0 aliphatic carbocycles. The number of rotatable bonds is 7. The van der Waals surface area contributed by atoms with E-state index in [1.54, 1.807) is 86.8 Å². The lowest BCUT2D eigenvalue weighted by Gasteiger charge is -2.14. The maximum atomic E-state index is 12.5. The van der Waals surface area contributed by atoms with Gasteiger partial charge in [-0.25, -0.2) is 0 Å². The van der Waals surface area contributed by atoms with Crippen molar-refractivity contribution in [2.24, 2.45) is 0 Å². The number of carbonyl (C=O) groups excluding carboxylic acids is 2. The molecule has 0 aliphatic rings. The number of benzene rings is 3. The van der Waals surface area contributed by atoms with E-state index in [0.29, 0.717) is 33.3 Å². The number of anilines is 1. The van der Waals surface area contributed by atoms with Crippen molar-refractivity contribution in [3.8, 4) is 11.5 Å². The highest BCUT2D eigenvalue weighted by atomic mass is 35.5. The first-order valence-corrected chi connectivity index (χ1v) is 9.36. The van der Waals surface area contributed by atoms with Gasteiger partial charge in [0, 0.05) is 11.3 Å². The number of carbonyl (C=O) groups is 2. The van der Waals surface area contributed by atoms with E-state index in [2.05, 4.69) is 5.32 Å². The molecule has 0 fully saturated rings. The van der Waals surface area contributed by atoms with E-state index in [0.717, 1.165) is 0 Å². The van der Waals surface area contributed by atoms with Gasteiger partial charge in [-0.3, -0.25) is 9.59 Å². The van der Waals surface area contributed by atoms with Crippen molar-refractivity contribution < 1.29 is 19.1 Å². The topological polar surface area (TPSA) is 64.6 Å². The Morgan fingerprint density at radius 3 is 2.14 bits per heavy atom. The molecule has 3 aromatic rings. The van der Waals surface area contributed by atoms with Gasteiger partial charge in [0.05, 0.1) is 17.7 Å². The molecule has 0 spiro atoms. The predicted octanol–water partition coefficient (Wildman–Crippen LogP) is 5.25. The van der Waals surface area contributed by atoms with E-state index >= 15 is 0 Å². The minimum absolute atomic E-state index is 0.135. The summed E-state index contributed by atoms with van der Waals surface area (Å²) in [5, 5.41) is 3.17. The standard InChI is InChI=1S/C23H20ClNO4/c1-15(22(26)16-7-11-18(28-2)12-8-16)29-19-13-9-17(10-14-19)25-23(27)20-5-3-4-6-21(20)24/h3-15H,1-2H3,(H,25,27)/t15-/m0/s1. The Morgan fingerprint density at radius 2 is 1.52 bits per heavy atom. The Labute approximate surface area is 174 Å². The summed E-state index contributed by atoms with van der Waals surface area (Å²) < 4.78 is 10.8. The highest BCUT2D eigenvalue weighted by Crippen LogP contribution is 2.21. The Balaban J connectivity index is 1.61. The number of ketones is 1. The van der Waals surface area contributed by atoms with Gasteiger partial charge in [0.25, 0.3) is 5.91 Å². The molecule has 0 radical (unpaired) electrons. The third-order valence-corrected chi connectivity index (χ3v) is 4.62. The summed E-state index contributed by atoms with van der Waals surface area (Å²) in [5.41, 5.74) is 1.53. The lowest BCUT2D eigenvalue weighted by atomic mass is 10.1. The van der Waals surface area contributed by atoms with Crippen LogP contribution >= 0.6 is 11.6 Å². The summed E-state index contributed by atoms with van der Waals surface area (Å²) in [4.78, 5) is 24.8. The summed E-state index contributed by atoms with van der Waals surface area (Å²) in [6, 6.07) is 20.5. The molecule has 5 nitrogen and oxygen atoms in total. The first-order valence-electron chi connectivity index (χ1n) is 8.99. The average molecular weight is 410 g/mol. The number of amides is 1. The molecule has 0 aromatic heterocycles. The molecule has 3 rings (SSSR count). The lowest BCUT2D eigenvalue weighted by molar-refractivity contribution is 0.0818. The molecule has 3 aromatic carbocycles. The van der Waals surface area contributed by atoms with E-state index in [1.165, 1.54) is 0 Å². The second-order valence-electron chi connectivity index (χ2n) is 6.31. The van der Waals surface area contributed by atoms with Crippen molar-refractivity contribution in [1.82, 2.24) is 0 Å². The van der Waals surface area contributed by atoms with Gasteiger partial charge >= 0.3 is 0 Å². The molecular weight excluding hydrogens is 390 g/mol. The Hall–Kier alpha value is -3.31. The number of hydrogen-bond acceptors (Lipinski definition) is 4. The summed E-state index contributed by atoms with van der Waals surface area (Å²) in [5.74, 6) is 0.774. The zero-order valence-corrected chi connectivity index (χ0v) is 16.8. The van der Waals surface area contributed by atoms with Crippen LogP contribution in [0.3, 0.4) is 0 Å². The first kappa shape index (κ1) is 20.4. The van der Waals surface area contributed by atoms with Crippen LogP contribution in [0.5, 0.6) is 11.5 Å². The van der Waals surface area contributed by atoms with Crippen LogP contribution < -0.4 is 14.8 Å². The molecule has 0 heterocycles. The Bertz CT molecular complexity index is 1000.